The molecule has 1 rings (SSSR count). The van der Waals surface area contributed by atoms with Gasteiger partial charge in [-0.3, -0.25) is 0 Å². The molecule has 0 amide bonds. The minimum atomic E-state index is -3.14. The van der Waals surface area contributed by atoms with Gasteiger partial charge in [0.2, 0.25) is 0 Å². The summed E-state index contributed by atoms with van der Waals surface area (Å²) in [5, 5.41) is 12.6. The quantitative estimate of drug-likeness (QED) is 0.748. The summed E-state index contributed by atoms with van der Waals surface area (Å²) >= 11 is 1.59. The van der Waals surface area contributed by atoms with E-state index in [0.717, 1.165) is 17.2 Å². The Morgan fingerprint density at radius 1 is 1.32 bits per heavy atom. The molecule has 0 heterocycles. The maximum absolute atomic E-state index is 11.3. The molecule has 0 saturated carbocycles. The Bertz CT molecular complexity index is 499. The molecule has 1 unspecified atom stereocenters. The number of hydrogen-bond donors (Lipinski definition) is 2. The third-order valence-corrected chi connectivity index (χ3v) is 5.28. The predicted molar refractivity (Wildman–Crippen MR) is 79.4 cm³/mol. The highest BCUT2D eigenvalue weighted by molar-refractivity contribution is 7.99. The Balaban J connectivity index is 2.69. The van der Waals surface area contributed by atoms with Gasteiger partial charge >= 0.3 is 0 Å². The van der Waals surface area contributed by atoms with Gasteiger partial charge in [0.1, 0.15) is 0 Å². The second kappa shape index (κ2) is 6.74. The fourth-order valence-electron chi connectivity index (χ4n) is 1.61. The first-order valence-corrected chi connectivity index (χ1v) is 8.97. The molecule has 0 aromatic heterocycles. The lowest BCUT2D eigenvalue weighted by Crippen LogP contribution is -2.47. The highest BCUT2D eigenvalue weighted by Crippen LogP contribution is 2.24. The molecule has 19 heavy (non-hydrogen) atoms. The Kier molecular flexibility index (Phi) is 5.85. The van der Waals surface area contributed by atoms with Gasteiger partial charge in [-0.1, -0.05) is 6.92 Å². The van der Waals surface area contributed by atoms with E-state index in [1.165, 1.54) is 6.26 Å². The molecule has 0 spiro atoms. The van der Waals surface area contributed by atoms with Crippen LogP contribution in [0.15, 0.2) is 34.1 Å². The largest absolute Gasteiger partial charge is 0.394 e. The summed E-state index contributed by atoms with van der Waals surface area (Å²) in [6.07, 6.45) is 1.20. The van der Waals surface area contributed by atoms with E-state index in [4.69, 9.17) is 0 Å². The summed E-state index contributed by atoms with van der Waals surface area (Å²) in [5.74, 6) is 0.718. The number of aliphatic hydroxyl groups excluding tert-OH is 1. The summed E-state index contributed by atoms with van der Waals surface area (Å²) in [5.41, 5.74) is -0.324. The zero-order valence-corrected chi connectivity index (χ0v) is 13.1. The topological polar surface area (TPSA) is 66.4 Å². The maximum Gasteiger partial charge on any atom is 0.175 e. The van der Waals surface area contributed by atoms with Crippen LogP contribution < -0.4 is 5.32 Å². The van der Waals surface area contributed by atoms with Crippen LogP contribution in [-0.2, 0) is 9.84 Å². The zero-order valence-electron chi connectivity index (χ0n) is 11.5. The van der Waals surface area contributed by atoms with Gasteiger partial charge in [-0.05, 0) is 37.7 Å². The summed E-state index contributed by atoms with van der Waals surface area (Å²) in [4.78, 5) is 1.32. The van der Waals surface area contributed by atoms with E-state index in [2.05, 4.69) is 5.32 Å². The van der Waals surface area contributed by atoms with Gasteiger partial charge in [0.15, 0.2) is 9.84 Å². The molecule has 0 radical (unpaired) electrons. The number of aliphatic hydroxyl groups is 1. The van der Waals surface area contributed by atoms with Gasteiger partial charge in [0, 0.05) is 22.4 Å². The highest BCUT2D eigenvalue weighted by atomic mass is 32.2. The Hall–Kier alpha value is -0.560. The van der Waals surface area contributed by atoms with E-state index in [1.54, 1.807) is 36.0 Å². The van der Waals surface area contributed by atoms with E-state index in [1.807, 2.05) is 13.8 Å². The molecular weight excluding hydrogens is 282 g/mol. The summed E-state index contributed by atoms with van der Waals surface area (Å²) in [6.45, 7) is 4.83. The Labute approximate surface area is 119 Å². The number of sulfone groups is 1. The molecule has 0 bridgehead atoms. The van der Waals surface area contributed by atoms with Gasteiger partial charge in [0.05, 0.1) is 11.5 Å². The van der Waals surface area contributed by atoms with Crippen molar-refractivity contribution in [2.45, 2.75) is 29.2 Å². The fourth-order valence-corrected chi connectivity index (χ4v) is 3.24. The minimum Gasteiger partial charge on any atom is -0.394 e. The molecule has 0 aliphatic heterocycles. The second-order valence-electron chi connectivity index (χ2n) is 4.78. The van der Waals surface area contributed by atoms with Crippen LogP contribution in [0.2, 0.25) is 0 Å². The van der Waals surface area contributed by atoms with E-state index in [9.17, 15) is 13.5 Å². The first-order valence-electron chi connectivity index (χ1n) is 6.09. The first kappa shape index (κ1) is 16.5. The molecule has 0 fully saturated rings. The van der Waals surface area contributed by atoms with Crippen molar-refractivity contribution in [2.75, 3.05) is 25.2 Å². The molecule has 0 saturated heterocycles. The molecule has 1 atom stereocenters. The van der Waals surface area contributed by atoms with Gasteiger partial charge in [-0.2, -0.15) is 0 Å². The normalized spacial score (nSPS) is 15.2. The molecule has 0 aliphatic rings. The van der Waals surface area contributed by atoms with Crippen LogP contribution in [0.1, 0.15) is 13.8 Å². The molecule has 1 aromatic carbocycles. The molecular formula is C13H21NO3S2. The fraction of sp³-hybridized carbons (Fsp3) is 0.538. The van der Waals surface area contributed by atoms with Crippen molar-refractivity contribution < 1.29 is 13.5 Å². The molecule has 108 valence electrons. The highest BCUT2D eigenvalue weighted by Gasteiger charge is 2.21. The number of hydrogen-bond acceptors (Lipinski definition) is 5. The van der Waals surface area contributed by atoms with Crippen molar-refractivity contribution in [1.29, 1.82) is 0 Å². The molecule has 1 aromatic rings. The van der Waals surface area contributed by atoms with Crippen LogP contribution in [0.5, 0.6) is 0 Å². The van der Waals surface area contributed by atoms with Crippen molar-refractivity contribution in [3.8, 4) is 0 Å². The van der Waals surface area contributed by atoms with Crippen LogP contribution >= 0.6 is 11.8 Å². The predicted octanol–water partition coefficient (Wildman–Crippen LogP) is 1.54. The number of nitrogens with one attached hydrogen (secondary N) is 1. The van der Waals surface area contributed by atoms with Gasteiger partial charge in [-0.15, -0.1) is 11.8 Å². The standard InChI is InChI=1S/C13H21NO3S2/c1-4-14-13(2,9-15)10-18-11-5-7-12(8-6-11)19(3,16)17/h5-8,14-15H,4,9-10H2,1-3H3. The van der Waals surface area contributed by atoms with Crippen LogP contribution in [0.4, 0.5) is 0 Å². The van der Waals surface area contributed by atoms with Crippen molar-refractivity contribution >= 4 is 21.6 Å². The number of thioether (sulfide) groups is 1. The van der Waals surface area contributed by atoms with E-state index in [-0.39, 0.29) is 12.1 Å². The Morgan fingerprint density at radius 3 is 2.32 bits per heavy atom. The lowest BCUT2D eigenvalue weighted by molar-refractivity contribution is 0.194. The van der Waals surface area contributed by atoms with E-state index >= 15 is 0 Å². The lowest BCUT2D eigenvalue weighted by atomic mass is 10.1. The average molecular weight is 303 g/mol. The number of rotatable bonds is 7. The summed E-state index contributed by atoms with van der Waals surface area (Å²) in [7, 11) is -3.14. The van der Waals surface area contributed by atoms with Gasteiger partial charge in [0.25, 0.3) is 0 Å². The third-order valence-electron chi connectivity index (χ3n) is 2.76. The van der Waals surface area contributed by atoms with Gasteiger partial charge in [-0.25, -0.2) is 8.42 Å². The third kappa shape index (κ3) is 5.14. The zero-order chi connectivity index (χ0) is 14.5. The van der Waals surface area contributed by atoms with Crippen LogP contribution in [0, 0.1) is 0 Å². The number of benzene rings is 1. The summed E-state index contributed by atoms with van der Waals surface area (Å²) < 4.78 is 22.7. The van der Waals surface area contributed by atoms with Crippen molar-refractivity contribution in [1.82, 2.24) is 5.32 Å². The summed E-state index contributed by atoms with van der Waals surface area (Å²) in [6, 6.07) is 6.82. The van der Waals surface area contributed by atoms with Crippen molar-refractivity contribution in [2.24, 2.45) is 0 Å². The molecule has 2 N–H and O–H groups in total. The van der Waals surface area contributed by atoms with Gasteiger partial charge < -0.3 is 10.4 Å². The molecule has 0 aliphatic carbocycles. The second-order valence-corrected chi connectivity index (χ2v) is 7.85. The smallest absolute Gasteiger partial charge is 0.175 e. The first-order chi connectivity index (χ1) is 8.80. The van der Waals surface area contributed by atoms with Crippen LogP contribution in [0.3, 0.4) is 0 Å². The van der Waals surface area contributed by atoms with E-state index in [0.29, 0.717) is 4.90 Å². The monoisotopic (exact) mass is 303 g/mol. The van der Waals surface area contributed by atoms with Crippen LogP contribution in [0.25, 0.3) is 0 Å². The molecule has 6 heteroatoms. The minimum absolute atomic E-state index is 0.0647. The maximum atomic E-state index is 11.3. The molecule has 4 nitrogen and oxygen atoms in total. The SMILES string of the molecule is CCNC(C)(CO)CSc1ccc(S(C)(=O)=O)cc1. The van der Waals surface area contributed by atoms with E-state index < -0.39 is 9.84 Å². The number of likely N-dealkylation sites (N-methyl/N-ethyl adjacent to an activating group) is 1. The lowest BCUT2D eigenvalue weighted by Gasteiger charge is -2.27. The average Bonchev–Trinajstić information content (AvgIpc) is 2.36. The van der Waals surface area contributed by atoms with Crippen molar-refractivity contribution in [3.63, 3.8) is 0 Å². The van der Waals surface area contributed by atoms with Crippen molar-refractivity contribution in [3.05, 3.63) is 24.3 Å². The Morgan fingerprint density at radius 2 is 1.89 bits per heavy atom. The van der Waals surface area contributed by atoms with Crippen LogP contribution in [-0.4, -0.2) is 44.2 Å².